The van der Waals surface area contributed by atoms with Crippen LogP contribution in [-0.4, -0.2) is 25.6 Å². The number of benzene rings is 1. The van der Waals surface area contributed by atoms with Gasteiger partial charge in [-0.05, 0) is 13.0 Å². The van der Waals surface area contributed by atoms with E-state index in [2.05, 4.69) is 10.1 Å². The molecule has 6 heteroatoms. The van der Waals surface area contributed by atoms with Crippen LogP contribution in [0.1, 0.15) is 25.0 Å². The van der Waals surface area contributed by atoms with Crippen LogP contribution in [0.4, 0.5) is 13.2 Å². The molecular weight excluding hydrogens is 271 g/mol. The smallest absolute Gasteiger partial charge is 0.491 e. The Morgan fingerprint density at radius 3 is 2.50 bits per heavy atom. The van der Waals surface area contributed by atoms with E-state index in [0.717, 1.165) is 11.1 Å². The molecule has 1 N–H and O–H groups in total. The fourth-order valence-electron chi connectivity index (χ4n) is 1.61. The van der Waals surface area contributed by atoms with Gasteiger partial charge in [0, 0.05) is 18.2 Å². The maximum atomic E-state index is 11.8. The largest absolute Gasteiger partial charge is 0.522 e. The predicted molar refractivity (Wildman–Crippen MR) is 70.7 cm³/mol. The van der Waals surface area contributed by atoms with Gasteiger partial charge >= 0.3 is 6.36 Å². The highest BCUT2D eigenvalue weighted by atomic mass is 19.4. The lowest BCUT2D eigenvalue weighted by Gasteiger charge is -2.15. The lowest BCUT2D eigenvalue weighted by atomic mass is 10.1. The van der Waals surface area contributed by atoms with Gasteiger partial charge in [0.2, 0.25) is 0 Å². The standard InChI is InChI=1S/C14H20F3NO2/c1-10(2)18-9-12-8-11(3)4-5-13(12)19-6-7-20-14(15,16)17/h4-5,8,10,18H,6-7,9H2,1-3H3. The molecule has 20 heavy (non-hydrogen) atoms. The first-order chi connectivity index (χ1) is 9.28. The summed E-state index contributed by atoms with van der Waals surface area (Å²) in [6, 6.07) is 5.89. The number of hydrogen-bond acceptors (Lipinski definition) is 3. The summed E-state index contributed by atoms with van der Waals surface area (Å²) in [7, 11) is 0. The van der Waals surface area contributed by atoms with E-state index in [1.807, 2.05) is 32.9 Å². The highest BCUT2D eigenvalue weighted by molar-refractivity contribution is 5.36. The minimum absolute atomic E-state index is 0.142. The molecule has 0 saturated heterocycles. The van der Waals surface area contributed by atoms with Gasteiger partial charge in [-0.15, -0.1) is 13.2 Å². The van der Waals surface area contributed by atoms with Crippen molar-refractivity contribution in [2.75, 3.05) is 13.2 Å². The van der Waals surface area contributed by atoms with Crippen molar-refractivity contribution in [3.8, 4) is 5.75 Å². The molecule has 0 unspecified atom stereocenters. The number of halogens is 3. The third-order valence-corrected chi connectivity index (χ3v) is 2.52. The van der Waals surface area contributed by atoms with Crippen molar-refractivity contribution >= 4 is 0 Å². The van der Waals surface area contributed by atoms with E-state index in [9.17, 15) is 13.2 Å². The van der Waals surface area contributed by atoms with Gasteiger partial charge in [0.15, 0.2) is 0 Å². The zero-order valence-corrected chi connectivity index (χ0v) is 11.9. The number of alkyl halides is 3. The van der Waals surface area contributed by atoms with Gasteiger partial charge in [-0.25, -0.2) is 0 Å². The van der Waals surface area contributed by atoms with E-state index in [-0.39, 0.29) is 6.61 Å². The highest BCUT2D eigenvalue weighted by Gasteiger charge is 2.28. The molecule has 0 bridgehead atoms. The van der Waals surface area contributed by atoms with Crippen LogP contribution in [-0.2, 0) is 11.3 Å². The van der Waals surface area contributed by atoms with Crippen molar-refractivity contribution in [2.24, 2.45) is 0 Å². The van der Waals surface area contributed by atoms with Crippen LogP contribution in [0.25, 0.3) is 0 Å². The molecule has 0 aliphatic carbocycles. The van der Waals surface area contributed by atoms with Crippen molar-refractivity contribution < 1.29 is 22.6 Å². The molecule has 1 aromatic carbocycles. The summed E-state index contributed by atoms with van der Waals surface area (Å²) in [5.74, 6) is 0.578. The summed E-state index contributed by atoms with van der Waals surface area (Å²) in [5.41, 5.74) is 2.00. The van der Waals surface area contributed by atoms with Crippen LogP contribution in [0.3, 0.4) is 0 Å². The lowest BCUT2D eigenvalue weighted by molar-refractivity contribution is -0.325. The van der Waals surface area contributed by atoms with Crippen molar-refractivity contribution in [3.05, 3.63) is 29.3 Å². The molecule has 0 atom stereocenters. The minimum Gasteiger partial charge on any atom is -0.491 e. The summed E-state index contributed by atoms with van der Waals surface area (Å²) in [6.45, 7) is 5.94. The number of ether oxygens (including phenoxy) is 2. The number of hydrogen-bond donors (Lipinski definition) is 1. The first kappa shape index (κ1) is 16.8. The molecule has 0 aliphatic heterocycles. The number of rotatable bonds is 7. The zero-order chi connectivity index (χ0) is 15.2. The van der Waals surface area contributed by atoms with E-state index in [1.165, 1.54) is 0 Å². The van der Waals surface area contributed by atoms with Crippen LogP contribution in [0.2, 0.25) is 0 Å². The van der Waals surface area contributed by atoms with Gasteiger partial charge in [-0.2, -0.15) is 0 Å². The van der Waals surface area contributed by atoms with Gasteiger partial charge in [-0.3, -0.25) is 4.74 Å². The molecule has 0 spiro atoms. The highest BCUT2D eigenvalue weighted by Crippen LogP contribution is 2.21. The van der Waals surface area contributed by atoms with E-state index < -0.39 is 13.0 Å². The Kier molecular flexibility index (Phi) is 6.29. The minimum atomic E-state index is -4.61. The van der Waals surface area contributed by atoms with E-state index >= 15 is 0 Å². The molecule has 0 fully saturated rings. The van der Waals surface area contributed by atoms with Crippen molar-refractivity contribution in [3.63, 3.8) is 0 Å². The van der Waals surface area contributed by atoms with E-state index in [1.54, 1.807) is 6.07 Å². The molecule has 114 valence electrons. The Morgan fingerprint density at radius 1 is 1.20 bits per heavy atom. The third-order valence-electron chi connectivity index (χ3n) is 2.52. The first-order valence-corrected chi connectivity index (χ1v) is 6.44. The van der Waals surface area contributed by atoms with Crippen molar-refractivity contribution in [2.45, 2.75) is 39.7 Å². The molecule has 0 aliphatic rings. The second-order valence-corrected chi connectivity index (χ2v) is 4.79. The van der Waals surface area contributed by atoms with Gasteiger partial charge in [0.05, 0.1) is 6.61 Å². The summed E-state index contributed by atoms with van der Waals surface area (Å²) in [6.07, 6.45) is -4.61. The van der Waals surface area contributed by atoms with Gasteiger partial charge < -0.3 is 10.1 Å². The van der Waals surface area contributed by atoms with Crippen LogP contribution >= 0.6 is 0 Å². The Morgan fingerprint density at radius 2 is 1.90 bits per heavy atom. The molecule has 0 saturated carbocycles. The second kappa shape index (κ2) is 7.50. The van der Waals surface area contributed by atoms with Gasteiger partial charge in [-0.1, -0.05) is 31.5 Å². The summed E-state index contributed by atoms with van der Waals surface area (Å²) in [4.78, 5) is 0. The molecule has 0 radical (unpaired) electrons. The molecule has 1 rings (SSSR count). The molecule has 3 nitrogen and oxygen atoms in total. The van der Waals surface area contributed by atoms with Crippen LogP contribution in [0.5, 0.6) is 5.75 Å². The van der Waals surface area contributed by atoms with Crippen LogP contribution in [0, 0.1) is 6.92 Å². The maximum absolute atomic E-state index is 11.8. The molecular formula is C14H20F3NO2. The summed E-state index contributed by atoms with van der Waals surface area (Å²) < 4.78 is 44.5. The SMILES string of the molecule is Cc1ccc(OCCOC(F)(F)F)c(CNC(C)C)c1. The molecule has 0 amide bonds. The normalized spacial score (nSPS) is 11.9. The third kappa shape index (κ3) is 6.77. The van der Waals surface area contributed by atoms with E-state index in [0.29, 0.717) is 18.3 Å². The van der Waals surface area contributed by atoms with Gasteiger partial charge in [0.25, 0.3) is 0 Å². The average molecular weight is 291 g/mol. The Bertz CT molecular complexity index is 419. The van der Waals surface area contributed by atoms with Crippen LogP contribution < -0.4 is 10.1 Å². The van der Waals surface area contributed by atoms with Crippen molar-refractivity contribution in [1.82, 2.24) is 5.32 Å². The summed E-state index contributed by atoms with van der Waals surface area (Å²) >= 11 is 0. The topological polar surface area (TPSA) is 30.5 Å². The van der Waals surface area contributed by atoms with Crippen molar-refractivity contribution in [1.29, 1.82) is 0 Å². The Labute approximate surface area is 117 Å². The maximum Gasteiger partial charge on any atom is 0.522 e. The molecule has 1 aromatic rings. The van der Waals surface area contributed by atoms with Gasteiger partial charge in [0.1, 0.15) is 12.4 Å². The molecule has 0 aromatic heterocycles. The number of aryl methyl sites for hydroxylation is 1. The van der Waals surface area contributed by atoms with E-state index in [4.69, 9.17) is 4.74 Å². The fraction of sp³-hybridized carbons (Fsp3) is 0.571. The Hall–Kier alpha value is -1.27. The fourth-order valence-corrected chi connectivity index (χ4v) is 1.61. The number of nitrogens with one attached hydrogen (secondary N) is 1. The average Bonchev–Trinajstić information content (AvgIpc) is 2.32. The zero-order valence-electron chi connectivity index (χ0n) is 11.9. The summed E-state index contributed by atoms with van der Waals surface area (Å²) in [5, 5.41) is 3.25. The van der Waals surface area contributed by atoms with Crippen LogP contribution in [0.15, 0.2) is 18.2 Å². The Balaban J connectivity index is 2.55. The quantitative estimate of drug-likeness (QED) is 0.781. The monoisotopic (exact) mass is 291 g/mol. The first-order valence-electron chi connectivity index (χ1n) is 6.44. The second-order valence-electron chi connectivity index (χ2n) is 4.79. The predicted octanol–water partition coefficient (Wildman–Crippen LogP) is 3.41. The lowest BCUT2D eigenvalue weighted by Crippen LogP contribution is -2.22. The molecule has 0 heterocycles.